The third-order valence-electron chi connectivity index (χ3n) is 3.28. The number of rotatable bonds is 4. The zero-order valence-electron chi connectivity index (χ0n) is 11.7. The third-order valence-corrected chi connectivity index (χ3v) is 4.31. The Morgan fingerprint density at radius 3 is 2.63 bits per heavy atom. The van der Waals surface area contributed by atoms with E-state index in [1.807, 2.05) is 38.4 Å². The van der Waals surface area contributed by atoms with E-state index in [0.29, 0.717) is 6.42 Å². The number of aromatic nitrogens is 2. The first-order valence-corrected chi connectivity index (χ1v) is 7.20. The van der Waals surface area contributed by atoms with Gasteiger partial charge in [0, 0.05) is 18.5 Å². The molecule has 5 heteroatoms. The van der Waals surface area contributed by atoms with Gasteiger partial charge in [0.2, 0.25) is 0 Å². The zero-order chi connectivity index (χ0) is 14.2. The van der Waals surface area contributed by atoms with Crippen LogP contribution in [0.3, 0.4) is 0 Å². The second kappa shape index (κ2) is 5.51. The Bertz CT molecular complexity index is 587. The molecule has 0 aliphatic rings. The highest BCUT2D eigenvalue weighted by Gasteiger charge is 2.20. The minimum absolute atomic E-state index is 0.523. The van der Waals surface area contributed by atoms with Crippen molar-refractivity contribution in [3.05, 3.63) is 39.0 Å². The molecule has 0 spiro atoms. The van der Waals surface area contributed by atoms with E-state index in [0.717, 1.165) is 39.5 Å². The number of nitrogens with zero attached hydrogens (tertiary/aromatic N) is 2. The van der Waals surface area contributed by atoms with Gasteiger partial charge in [0.1, 0.15) is 11.5 Å². The van der Waals surface area contributed by atoms with Crippen molar-refractivity contribution in [1.29, 1.82) is 0 Å². The van der Waals surface area contributed by atoms with Gasteiger partial charge in [0.25, 0.3) is 0 Å². The molecule has 2 heterocycles. The molecule has 1 unspecified atom stereocenters. The van der Waals surface area contributed by atoms with Crippen molar-refractivity contribution in [1.82, 2.24) is 9.78 Å². The fraction of sp³-hybridized carbons (Fsp3) is 0.500. The summed E-state index contributed by atoms with van der Waals surface area (Å²) in [5.41, 5.74) is 2.82. The largest absolute Gasteiger partial charge is 0.466 e. The molecule has 2 rings (SSSR count). The normalized spacial score (nSPS) is 12.9. The first kappa shape index (κ1) is 14.3. The Hall–Kier alpha value is -1.07. The first-order chi connectivity index (χ1) is 8.93. The minimum atomic E-state index is -0.574. The molecule has 19 heavy (non-hydrogen) atoms. The summed E-state index contributed by atoms with van der Waals surface area (Å²) < 4.78 is 8.37. The number of hydrogen-bond donors (Lipinski definition) is 1. The van der Waals surface area contributed by atoms with Gasteiger partial charge in [0.05, 0.1) is 22.0 Å². The molecule has 0 aromatic carbocycles. The number of aryl methyl sites for hydroxylation is 4. The molecule has 0 fully saturated rings. The summed E-state index contributed by atoms with van der Waals surface area (Å²) in [6.45, 7) is 8.56. The summed E-state index contributed by atoms with van der Waals surface area (Å²) in [4.78, 5) is 0. The number of aliphatic hydroxyl groups excluding tert-OH is 1. The van der Waals surface area contributed by atoms with E-state index in [1.165, 1.54) is 0 Å². The number of hydrogen-bond acceptors (Lipinski definition) is 3. The second-order valence-corrected chi connectivity index (χ2v) is 5.54. The summed E-state index contributed by atoms with van der Waals surface area (Å²) in [5, 5.41) is 14.8. The third kappa shape index (κ3) is 2.77. The summed E-state index contributed by atoms with van der Waals surface area (Å²) in [7, 11) is 0. The van der Waals surface area contributed by atoms with Crippen molar-refractivity contribution < 1.29 is 9.52 Å². The molecular formula is C14H19BrN2O2. The molecule has 0 amide bonds. The van der Waals surface area contributed by atoms with Gasteiger partial charge in [-0.3, -0.25) is 4.68 Å². The first-order valence-electron chi connectivity index (χ1n) is 6.40. The van der Waals surface area contributed by atoms with Crippen molar-refractivity contribution in [2.75, 3.05) is 0 Å². The van der Waals surface area contributed by atoms with E-state index in [1.54, 1.807) is 0 Å². The fourth-order valence-corrected chi connectivity index (χ4v) is 2.78. The molecule has 0 saturated heterocycles. The highest BCUT2D eigenvalue weighted by molar-refractivity contribution is 9.10. The molecule has 1 atom stereocenters. The molecule has 0 aliphatic carbocycles. The maximum atomic E-state index is 10.4. The van der Waals surface area contributed by atoms with Crippen LogP contribution in [0.2, 0.25) is 0 Å². The van der Waals surface area contributed by atoms with Crippen LogP contribution in [0.1, 0.15) is 41.5 Å². The quantitative estimate of drug-likeness (QED) is 0.936. The van der Waals surface area contributed by atoms with Crippen LogP contribution in [0.25, 0.3) is 0 Å². The maximum absolute atomic E-state index is 10.4. The molecule has 0 bridgehead atoms. The van der Waals surface area contributed by atoms with E-state index in [9.17, 15) is 5.11 Å². The van der Waals surface area contributed by atoms with Crippen LogP contribution in [-0.2, 0) is 13.0 Å². The Morgan fingerprint density at radius 2 is 2.11 bits per heavy atom. The lowest BCUT2D eigenvalue weighted by atomic mass is 10.1. The molecule has 104 valence electrons. The monoisotopic (exact) mass is 326 g/mol. The average molecular weight is 327 g/mol. The number of halogens is 1. The summed E-state index contributed by atoms with van der Waals surface area (Å²) in [6, 6.07) is 1.90. The van der Waals surface area contributed by atoms with Crippen LogP contribution in [0, 0.1) is 20.8 Å². The van der Waals surface area contributed by atoms with E-state index < -0.39 is 6.10 Å². The Morgan fingerprint density at radius 1 is 1.42 bits per heavy atom. The second-order valence-electron chi connectivity index (χ2n) is 4.75. The van der Waals surface area contributed by atoms with Crippen molar-refractivity contribution in [3.8, 4) is 0 Å². The fourth-order valence-electron chi connectivity index (χ4n) is 2.34. The predicted molar refractivity (Wildman–Crippen MR) is 77.2 cm³/mol. The molecule has 1 N–H and O–H groups in total. The van der Waals surface area contributed by atoms with Gasteiger partial charge in [-0.15, -0.1) is 0 Å². The van der Waals surface area contributed by atoms with Crippen LogP contribution >= 0.6 is 15.9 Å². The van der Waals surface area contributed by atoms with Gasteiger partial charge in [-0.25, -0.2) is 0 Å². The lowest BCUT2D eigenvalue weighted by molar-refractivity contribution is 0.173. The number of aliphatic hydroxyl groups is 1. The highest BCUT2D eigenvalue weighted by atomic mass is 79.9. The summed E-state index contributed by atoms with van der Waals surface area (Å²) in [6.07, 6.45) is -0.0510. The lowest BCUT2D eigenvalue weighted by Gasteiger charge is -2.11. The molecular weight excluding hydrogens is 308 g/mol. The molecule has 0 saturated carbocycles. The Balaban J connectivity index is 2.28. The van der Waals surface area contributed by atoms with Gasteiger partial charge in [-0.1, -0.05) is 0 Å². The molecule has 2 aromatic heterocycles. The van der Waals surface area contributed by atoms with Crippen molar-refractivity contribution in [2.45, 2.75) is 46.8 Å². The SMILES string of the molecule is CCn1nc(C)c(Br)c1CC(O)c1cc(C)oc1C. The van der Waals surface area contributed by atoms with Gasteiger partial charge in [0.15, 0.2) is 0 Å². The van der Waals surface area contributed by atoms with Gasteiger partial charge >= 0.3 is 0 Å². The van der Waals surface area contributed by atoms with Crippen molar-refractivity contribution in [2.24, 2.45) is 0 Å². The van der Waals surface area contributed by atoms with Crippen LogP contribution in [0.4, 0.5) is 0 Å². The van der Waals surface area contributed by atoms with Gasteiger partial charge in [-0.05, 0) is 49.7 Å². The Labute approximate surface area is 121 Å². The maximum Gasteiger partial charge on any atom is 0.106 e. The van der Waals surface area contributed by atoms with E-state index in [4.69, 9.17) is 4.42 Å². The smallest absolute Gasteiger partial charge is 0.106 e. The van der Waals surface area contributed by atoms with Crippen molar-refractivity contribution >= 4 is 15.9 Å². The molecule has 0 radical (unpaired) electrons. The average Bonchev–Trinajstić information content (AvgIpc) is 2.83. The minimum Gasteiger partial charge on any atom is -0.466 e. The van der Waals surface area contributed by atoms with Crippen LogP contribution in [0.5, 0.6) is 0 Å². The topological polar surface area (TPSA) is 51.2 Å². The highest BCUT2D eigenvalue weighted by Crippen LogP contribution is 2.29. The molecule has 0 aliphatic heterocycles. The van der Waals surface area contributed by atoms with Crippen LogP contribution in [0.15, 0.2) is 15.0 Å². The standard InChI is InChI=1S/C14H19BrN2O2/c1-5-17-12(14(15)9(3)16-17)7-13(18)11-6-8(2)19-10(11)4/h6,13,18H,5,7H2,1-4H3. The molecule has 2 aromatic rings. The van der Waals surface area contributed by atoms with Gasteiger partial charge in [-0.2, -0.15) is 5.10 Å². The summed E-state index contributed by atoms with van der Waals surface area (Å²) in [5.74, 6) is 1.60. The van der Waals surface area contributed by atoms with E-state index >= 15 is 0 Å². The van der Waals surface area contributed by atoms with Crippen molar-refractivity contribution in [3.63, 3.8) is 0 Å². The van der Waals surface area contributed by atoms with Crippen LogP contribution < -0.4 is 0 Å². The summed E-state index contributed by atoms with van der Waals surface area (Å²) >= 11 is 3.55. The Kier molecular flexibility index (Phi) is 4.16. The van der Waals surface area contributed by atoms with E-state index in [2.05, 4.69) is 21.0 Å². The predicted octanol–water partition coefficient (Wildman–Crippen LogP) is 3.46. The zero-order valence-corrected chi connectivity index (χ0v) is 13.3. The lowest BCUT2D eigenvalue weighted by Crippen LogP contribution is -2.09. The molecule has 4 nitrogen and oxygen atoms in total. The van der Waals surface area contributed by atoms with Crippen LogP contribution in [-0.4, -0.2) is 14.9 Å². The van der Waals surface area contributed by atoms with Gasteiger partial charge < -0.3 is 9.52 Å². The number of furan rings is 1. The van der Waals surface area contributed by atoms with E-state index in [-0.39, 0.29) is 0 Å².